The molecule has 7 rings (SSSR count). The Labute approximate surface area is 350 Å². The number of hydrogen-bond donors (Lipinski definition) is 3. The van der Waals surface area contributed by atoms with Gasteiger partial charge in [0.05, 0.1) is 11.6 Å². The summed E-state index contributed by atoms with van der Waals surface area (Å²) in [5.74, 6) is -0.981. The predicted octanol–water partition coefficient (Wildman–Crippen LogP) is 7.53. The highest BCUT2D eigenvalue weighted by atomic mass is 19.1. The van der Waals surface area contributed by atoms with Crippen molar-refractivity contribution >= 4 is 34.8 Å². The van der Waals surface area contributed by atoms with Crippen molar-refractivity contribution in [1.29, 1.82) is 5.41 Å². The molecule has 0 saturated carbocycles. The van der Waals surface area contributed by atoms with Gasteiger partial charge in [0, 0.05) is 85.1 Å². The lowest BCUT2D eigenvalue weighted by molar-refractivity contribution is -0.134. The van der Waals surface area contributed by atoms with Crippen LogP contribution in [-0.2, 0) is 21.4 Å². The summed E-state index contributed by atoms with van der Waals surface area (Å²) in [5, 5.41) is 15.4. The summed E-state index contributed by atoms with van der Waals surface area (Å²) in [6.45, 7) is 14.3. The Bertz CT molecular complexity index is 2410. The zero-order valence-electron chi connectivity index (χ0n) is 35.0. The number of nitrogens with zero attached hydrogens (tertiary/aromatic N) is 5. The second kappa shape index (κ2) is 17.6. The van der Waals surface area contributed by atoms with Gasteiger partial charge in [-0.2, -0.15) is 4.98 Å². The van der Waals surface area contributed by atoms with Crippen LogP contribution in [0, 0.1) is 18.2 Å². The van der Waals surface area contributed by atoms with E-state index < -0.39 is 17.6 Å². The molecule has 2 aliphatic heterocycles. The smallest absolute Gasteiger partial charge is 0.294 e. The molecule has 4 N–H and O–H groups in total. The third-order valence-corrected chi connectivity index (χ3v) is 11.8. The van der Waals surface area contributed by atoms with Crippen LogP contribution < -0.4 is 16.0 Å². The van der Waals surface area contributed by atoms with E-state index in [9.17, 15) is 14.4 Å². The van der Waals surface area contributed by atoms with E-state index in [0.29, 0.717) is 36.2 Å². The number of Topliss-reactive ketones (excluding diaryl/α,β-unsaturated/α-hetero) is 1. The maximum Gasteiger partial charge on any atom is 0.294 e. The van der Waals surface area contributed by atoms with E-state index in [0.717, 1.165) is 71.8 Å². The fraction of sp³-hybridized carbons (Fsp3) is 0.383. The van der Waals surface area contributed by atoms with Crippen LogP contribution in [0.25, 0.3) is 11.1 Å². The number of aromatic nitrogens is 3. The Morgan fingerprint density at radius 3 is 2.43 bits per heavy atom. The number of ketones is 1. The summed E-state index contributed by atoms with van der Waals surface area (Å²) in [4.78, 5) is 50.1. The fourth-order valence-electron chi connectivity index (χ4n) is 8.01. The number of piperazine rings is 1. The number of hydrogen-bond acceptors (Lipinski definition) is 11. The number of aryl methyl sites for hydroxylation is 1. The Kier molecular flexibility index (Phi) is 12.4. The van der Waals surface area contributed by atoms with E-state index >= 15 is 4.39 Å². The number of halogens is 1. The van der Waals surface area contributed by atoms with Gasteiger partial charge in [0.15, 0.2) is 5.82 Å². The number of rotatable bonds is 13. The highest BCUT2D eigenvalue weighted by molar-refractivity contribution is 6.14. The normalized spacial score (nSPS) is 16.8. The number of carbonyl (C=O) groups is 3. The van der Waals surface area contributed by atoms with Crippen molar-refractivity contribution in [2.45, 2.75) is 84.0 Å². The molecule has 4 heterocycles. The molecule has 0 radical (unpaired) electrons. The molecule has 12 nitrogen and oxygen atoms in total. The lowest BCUT2D eigenvalue weighted by Crippen LogP contribution is -2.47. The third-order valence-electron chi connectivity index (χ3n) is 11.8. The molecule has 5 aromatic rings. The molecular formula is C47H53FN8O4. The Morgan fingerprint density at radius 1 is 1.02 bits per heavy atom. The second-order valence-corrected chi connectivity index (χ2v) is 17.1. The Balaban J connectivity index is 0.916. The molecular weight excluding hydrogens is 760 g/mol. The quantitative estimate of drug-likeness (QED) is 0.0614. The van der Waals surface area contributed by atoms with Crippen molar-refractivity contribution in [3.05, 3.63) is 124 Å². The summed E-state index contributed by atoms with van der Waals surface area (Å²) in [5.41, 5.74) is 13.9. The molecule has 13 heteroatoms. The lowest BCUT2D eigenvalue weighted by atomic mass is 9.89. The maximum atomic E-state index is 15.0. The Morgan fingerprint density at radius 2 is 1.77 bits per heavy atom. The highest BCUT2D eigenvalue weighted by Gasteiger charge is 2.30. The number of imide groups is 1. The first-order valence-electron chi connectivity index (χ1n) is 20.7. The van der Waals surface area contributed by atoms with Crippen molar-refractivity contribution in [3.63, 3.8) is 0 Å². The highest BCUT2D eigenvalue weighted by Crippen LogP contribution is 2.31. The summed E-state index contributed by atoms with van der Waals surface area (Å²) in [6.07, 6.45) is 3.89. The van der Waals surface area contributed by atoms with Crippen LogP contribution in [0.2, 0.25) is 0 Å². The number of anilines is 2. The van der Waals surface area contributed by atoms with Crippen LogP contribution in [0.15, 0.2) is 77.4 Å². The summed E-state index contributed by atoms with van der Waals surface area (Å²) in [7, 11) is 0. The number of pyridine rings is 1. The molecule has 3 aromatic carbocycles. The molecule has 1 unspecified atom stereocenters. The van der Waals surface area contributed by atoms with Gasteiger partial charge in [-0.05, 0) is 84.7 Å². The van der Waals surface area contributed by atoms with E-state index in [-0.39, 0.29) is 53.3 Å². The molecule has 2 saturated heterocycles. The minimum absolute atomic E-state index is 0.0512. The van der Waals surface area contributed by atoms with Crippen LogP contribution in [0.1, 0.15) is 115 Å². The van der Waals surface area contributed by atoms with Crippen molar-refractivity contribution in [1.82, 2.24) is 25.3 Å². The largest absolute Gasteiger partial charge is 0.383 e. The van der Waals surface area contributed by atoms with Gasteiger partial charge in [-0.3, -0.25) is 30.0 Å². The number of amides is 2. The average Bonchev–Trinajstić information content (AvgIpc) is 3.75. The van der Waals surface area contributed by atoms with Crippen LogP contribution in [0.5, 0.6) is 0 Å². The van der Waals surface area contributed by atoms with Gasteiger partial charge >= 0.3 is 0 Å². The van der Waals surface area contributed by atoms with Crippen molar-refractivity contribution < 1.29 is 23.3 Å². The molecule has 2 aliphatic rings. The van der Waals surface area contributed by atoms with Crippen molar-refractivity contribution in [3.8, 4) is 11.1 Å². The third kappa shape index (κ3) is 9.52. The van der Waals surface area contributed by atoms with Gasteiger partial charge < -0.3 is 15.2 Å². The van der Waals surface area contributed by atoms with E-state index in [2.05, 4.69) is 61.4 Å². The molecule has 0 spiro atoms. The van der Waals surface area contributed by atoms with E-state index in [1.54, 1.807) is 12.3 Å². The minimum Gasteiger partial charge on any atom is -0.383 e. The first kappa shape index (κ1) is 42.1. The molecule has 0 aliphatic carbocycles. The van der Waals surface area contributed by atoms with Crippen LogP contribution >= 0.6 is 0 Å². The number of carbonyl (C=O) groups excluding carboxylic acids is 3. The van der Waals surface area contributed by atoms with E-state index in [1.165, 1.54) is 6.07 Å². The standard InChI is InChI=1S/C47H53FN8O4/c1-28(6-16-40(57)45-53-46(54-60-45)47(3,4)5)35-14-10-32(24-29(35)2)42(49)38-26-33(27-51-43(38)50)31-8-11-34(12-9-31)56-22-20-55(21-23-56)19-18-30-7-13-36(39(48)25-30)37-15-17-41(58)52-44(37)59/h7-14,24-28,37,49H,6,15-23H2,1-5H3,(H2,50,51)(H,52,58,59)/t28-,37?/m0/s1. The van der Waals surface area contributed by atoms with Crippen LogP contribution in [-0.4, -0.2) is 76.1 Å². The molecule has 0 bridgehead atoms. The molecule has 2 aromatic heterocycles. The topological polar surface area (TPSA) is 171 Å². The summed E-state index contributed by atoms with van der Waals surface area (Å²) in [6, 6.07) is 21.3. The fourth-order valence-corrected chi connectivity index (χ4v) is 8.01. The van der Waals surface area contributed by atoms with E-state index in [1.807, 2.05) is 58.0 Å². The maximum absolute atomic E-state index is 15.0. The van der Waals surface area contributed by atoms with E-state index in [4.69, 9.17) is 15.7 Å². The number of nitrogens with two attached hydrogens (primary N) is 1. The number of piperidine rings is 1. The first-order chi connectivity index (χ1) is 28.6. The Hall–Kier alpha value is -6.08. The monoisotopic (exact) mass is 812 g/mol. The molecule has 2 amide bonds. The van der Waals surface area contributed by atoms with Crippen molar-refractivity contribution in [2.24, 2.45) is 0 Å². The first-order valence-corrected chi connectivity index (χ1v) is 20.7. The predicted molar refractivity (Wildman–Crippen MR) is 230 cm³/mol. The van der Waals surface area contributed by atoms with Gasteiger partial charge in [-0.15, -0.1) is 0 Å². The van der Waals surface area contributed by atoms with Gasteiger partial charge in [0.25, 0.3) is 5.89 Å². The van der Waals surface area contributed by atoms with Gasteiger partial charge in [-0.1, -0.05) is 69.2 Å². The summed E-state index contributed by atoms with van der Waals surface area (Å²) < 4.78 is 20.3. The zero-order chi connectivity index (χ0) is 42.7. The number of nitrogens with one attached hydrogen (secondary N) is 2. The van der Waals surface area contributed by atoms with Gasteiger partial charge in [0.2, 0.25) is 17.6 Å². The summed E-state index contributed by atoms with van der Waals surface area (Å²) >= 11 is 0. The average molecular weight is 813 g/mol. The molecule has 2 fully saturated rings. The van der Waals surface area contributed by atoms with Crippen molar-refractivity contribution in [2.75, 3.05) is 43.4 Å². The zero-order valence-corrected chi connectivity index (χ0v) is 35.0. The molecule has 60 heavy (non-hydrogen) atoms. The van der Waals surface area contributed by atoms with Gasteiger partial charge in [0.1, 0.15) is 11.6 Å². The SMILES string of the molecule is Cc1cc(C(=N)c2cc(-c3ccc(N4CCN(CCc5ccc(C6CCC(=O)NC6=O)c(F)c5)CC4)cc3)cnc2N)ccc1[C@@H](C)CCC(=O)c1nc(C(C)(C)C)no1. The number of benzene rings is 3. The molecule has 2 atom stereocenters. The minimum atomic E-state index is -0.631. The number of nitrogen functional groups attached to an aromatic ring is 1. The van der Waals surface area contributed by atoms with Crippen LogP contribution in [0.4, 0.5) is 15.9 Å². The van der Waals surface area contributed by atoms with Gasteiger partial charge in [-0.25, -0.2) is 9.37 Å². The molecule has 312 valence electrons. The second-order valence-electron chi connectivity index (χ2n) is 17.1. The van der Waals surface area contributed by atoms with Crippen LogP contribution in [0.3, 0.4) is 0 Å². The lowest BCUT2D eigenvalue weighted by Gasteiger charge is -2.36.